The zero-order valence-electron chi connectivity index (χ0n) is 12.3. The van der Waals surface area contributed by atoms with Gasteiger partial charge in [-0.15, -0.1) is 0 Å². The van der Waals surface area contributed by atoms with Gasteiger partial charge >= 0.3 is 0 Å². The number of nitrogens with zero attached hydrogens (tertiary/aromatic N) is 2. The lowest BCUT2D eigenvalue weighted by atomic mass is 10.1. The van der Waals surface area contributed by atoms with Gasteiger partial charge in [0, 0.05) is 17.9 Å². The van der Waals surface area contributed by atoms with E-state index in [2.05, 4.69) is 68.6 Å². The molecular weight excluding hydrogens is 234 g/mol. The molecule has 1 aromatic heterocycles. The van der Waals surface area contributed by atoms with Crippen molar-refractivity contribution in [2.75, 3.05) is 5.32 Å². The number of hydrogen-bond donors (Lipinski definition) is 1. The summed E-state index contributed by atoms with van der Waals surface area (Å²) < 4.78 is 2.04. The normalized spacial score (nSPS) is 12.4. The van der Waals surface area contributed by atoms with Crippen LogP contribution in [0.1, 0.15) is 43.1 Å². The number of aromatic nitrogens is 2. The van der Waals surface area contributed by atoms with Gasteiger partial charge < -0.3 is 5.32 Å². The summed E-state index contributed by atoms with van der Waals surface area (Å²) in [6.45, 7) is 9.41. The first-order valence-electron chi connectivity index (χ1n) is 6.95. The summed E-state index contributed by atoms with van der Waals surface area (Å²) in [5.41, 5.74) is 4.88. The fourth-order valence-corrected chi connectivity index (χ4v) is 1.95. The standard InChI is InChI=1S/C16H23N3/c1-5-14(4)19-9-8-16(18-19)11-17-15-7-6-12(2)13(3)10-15/h6-10,14,17H,5,11H2,1-4H3. The van der Waals surface area contributed by atoms with E-state index in [1.807, 2.05) is 4.68 Å². The summed E-state index contributed by atoms with van der Waals surface area (Å²) in [5, 5.41) is 8.01. The Balaban J connectivity index is 1.98. The topological polar surface area (TPSA) is 29.9 Å². The molecule has 1 N–H and O–H groups in total. The number of rotatable bonds is 5. The smallest absolute Gasteiger partial charge is 0.0815 e. The highest BCUT2D eigenvalue weighted by Gasteiger charge is 2.04. The molecule has 0 amide bonds. The third-order valence-electron chi connectivity index (χ3n) is 3.69. The van der Waals surface area contributed by atoms with Crippen LogP contribution >= 0.6 is 0 Å². The second-order valence-corrected chi connectivity index (χ2v) is 5.20. The van der Waals surface area contributed by atoms with Gasteiger partial charge in [-0.2, -0.15) is 5.10 Å². The Labute approximate surface area is 115 Å². The van der Waals surface area contributed by atoms with Gasteiger partial charge in [-0.1, -0.05) is 13.0 Å². The molecule has 0 saturated carbocycles. The molecule has 3 nitrogen and oxygen atoms in total. The third kappa shape index (κ3) is 3.37. The molecule has 0 spiro atoms. The molecule has 0 bridgehead atoms. The van der Waals surface area contributed by atoms with Gasteiger partial charge in [0.2, 0.25) is 0 Å². The lowest BCUT2D eigenvalue weighted by Gasteiger charge is -2.09. The highest BCUT2D eigenvalue weighted by Crippen LogP contribution is 2.15. The van der Waals surface area contributed by atoms with E-state index in [1.165, 1.54) is 11.1 Å². The van der Waals surface area contributed by atoms with E-state index < -0.39 is 0 Å². The molecule has 0 fully saturated rings. The predicted molar refractivity (Wildman–Crippen MR) is 80.5 cm³/mol. The molecule has 19 heavy (non-hydrogen) atoms. The fraction of sp³-hybridized carbons (Fsp3) is 0.438. The number of anilines is 1. The van der Waals surface area contributed by atoms with Crippen molar-refractivity contribution in [1.82, 2.24) is 9.78 Å². The second kappa shape index (κ2) is 5.91. The molecule has 0 aliphatic heterocycles. The van der Waals surface area contributed by atoms with E-state index in [4.69, 9.17) is 0 Å². The molecule has 1 aromatic carbocycles. The quantitative estimate of drug-likeness (QED) is 0.874. The minimum Gasteiger partial charge on any atom is -0.379 e. The second-order valence-electron chi connectivity index (χ2n) is 5.20. The van der Waals surface area contributed by atoms with Crippen LogP contribution in [0.3, 0.4) is 0 Å². The maximum atomic E-state index is 4.59. The van der Waals surface area contributed by atoms with Crippen molar-refractivity contribution in [3.8, 4) is 0 Å². The van der Waals surface area contributed by atoms with Gasteiger partial charge in [-0.05, 0) is 56.5 Å². The molecule has 0 radical (unpaired) electrons. The number of benzene rings is 1. The SMILES string of the molecule is CCC(C)n1ccc(CNc2ccc(C)c(C)c2)n1. The molecule has 0 saturated heterocycles. The van der Waals surface area contributed by atoms with Crippen LogP contribution in [0.25, 0.3) is 0 Å². The molecule has 2 rings (SSSR count). The van der Waals surface area contributed by atoms with Crippen LogP contribution in [0.5, 0.6) is 0 Å². The van der Waals surface area contributed by atoms with Crippen molar-refractivity contribution < 1.29 is 0 Å². The minimum atomic E-state index is 0.468. The Morgan fingerprint density at radius 3 is 2.68 bits per heavy atom. The van der Waals surface area contributed by atoms with Gasteiger partial charge in [0.05, 0.1) is 12.2 Å². The van der Waals surface area contributed by atoms with Crippen molar-refractivity contribution in [2.24, 2.45) is 0 Å². The van der Waals surface area contributed by atoms with E-state index in [1.54, 1.807) is 0 Å². The number of nitrogens with one attached hydrogen (secondary N) is 1. The third-order valence-corrected chi connectivity index (χ3v) is 3.69. The van der Waals surface area contributed by atoms with E-state index in [-0.39, 0.29) is 0 Å². The van der Waals surface area contributed by atoms with Crippen LogP contribution < -0.4 is 5.32 Å². The summed E-state index contributed by atoms with van der Waals surface area (Å²) in [5.74, 6) is 0. The Hall–Kier alpha value is -1.77. The predicted octanol–water partition coefficient (Wildman–Crippen LogP) is 4.08. The van der Waals surface area contributed by atoms with Gasteiger partial charge in [0.15, 0.2) is 0 Å². The van der Waals surface area contributed by atoms with Crippen LogP contribution in [0.4, 0.5) is 5.69 Å². The van der Waals surface area contributed by atoms with E-state index >= 15 is 0 Å². The van der Waals surface area contributed by atoms with Crippen molar-refractivity contribution in [2.45, 2.75) is 46.7 Å². The monoisotopic (exact) mass is 257 g/mol. The molecule has 2 aromatic rings. The first-order chi connectivity index (χ1) is 9.10. The average molecular weight is 257 g/mol. The highest BCUT2D eigenvalue weighted by molar-refractivity contribution is 5.48. The van der Waals surface area contributed by atoms with Gasteiger partial charge in [-0.25, -0.2) is 0 Å². The summed E-state index contributed by atoms with van der Waals surface area (Å²) >= 11 is 0. The van der Waals surface area contributed by atoms with Gasteiger partial charge in [-0.3, -0.25) is 4.68 Å². The first kappa shape index (κ1) is 13.7. The first-order valence-corrected chi connectivity index (χ1v) is 6.95. The van der Waals surface area contributed by atoms with E-state index in [9.17, 15) is 0 Å². The summed E-state index contributed by atoms with van der Waals surface area (Å²) in [6.07, 6.45) is 3.16. The molecule has 1 heterocycles. The number of aryl methyl sites for hydroxylation is 2. The van der Waals surface area contributed by atoms with Gasteiger partial charge in [0.25, 0.3) is 0 Å². The molecule has 0 aliphatic carbocycles. The Kier molecular flexibility index (Phi) is 4.25. The van der Waals surface area contributed by atoms with Crippen molar-refractivity contribution in [1.29, 1.82) is 0 Å². The van der Waals surface area contributed by atoms with E-state index in [0.29, 0.717) is 6.04 Å². The molecule has 1 unspecified atom stereocenters. The molecule has 102 valence electrons. The Morgan fingerprint density at radius 1 is 1.21 bits per heavy atom. The van der Waals surface area contributed by atoms with Crippen LogP contribution in [0.15, 0.2) is 30.5 Å². The largest absolute Gasteiger partial charge is 0.379 e. The van der Waals surface area contributed by atoms with E-state index in [0.717, 1.165) is 24.3 Å². The summed E-state index contributed by atoms with van der Waals surface area (Å²) in [7, 11) is 0. The molecular formula is C16H23N3. The van der Waals surface area contributed by atoms with Crippen molar-refractivity contribution >= 4 is 5.69 Å². The Bertz CT molecular complexity index is 543. The lowest BCUT2D eigenvalue weighted by molar-refractivity contribution is 0.474. The average Bonchev–Trinajstić information content (AvgIpc) is 2.88. The number of hydrogen-bond acceptors (Lipinski definition) is 2. The molecule has 3 heteroatoms. The molecule has 0 aliphatic rings. The van der Waals surface area contributed by atoms with Crippen LogP contribution in [0, 0.1) is 13.8 Å². The van der Waals surface area contributed by atoms with Crippen LogP contribution in [-0.2, 0) is 6.54 Å². The maximum Gasteiger partial charge on any atom is 0.0815 e. The maximum absolute atomic E-state index is 4.59. The zero-order valence-corrected chi connectivity index (χ0v) is 12.3. The summed E-state index contributed by atoms with van der Waals surface area (Å²) in [4.78, 5) is 0. The fourth-order valence-electron chi connectivity index (χ4n) is 1.95. The van der Waals surface area contributed by atoms with Crippen LogP contribution in [-0.4, -0.2) is 9.78 Å². The lowest BCUT2D eigenvalue weighted by Crippen LogP contribution is -2.06. The van der Waals surface area contributed by atoms with Crippen LogP contribution in [0.2, 0.25) is 0 Å². The minimum absolute atomic E-state index is 0.468. The summed E-state index contributed by atoms with van der Waals surface area (Å²) in [6, 6.07) is 9.00. The van der Waals surface area contributed by atoms with Crippen molar-refractivity contribution in [3.05, 3.63) is 47.3 Å². The van der Waals surface area contributed by atoms with Gasteiger partial charge in [0.1, 0.15) is 0 Å². The van der Waals surface area contributed by atoms with Crippen molar-refractivity contribution in [3.63, 3.8) is 0 Å². The Morgan fingerprint density at radius 2 is 2.00 bits per heavy atom. The zero-order chi connectivity index (χ0) is 13.8. The molecule has 1 atom stereocenters. The highest BCUT2D eigenvalue weighted by atomic mass is 15.3.